The molecule has 2 heteroatoms. The Hall–Kier alpha value is -0.860. The standard InChI is InChI=1S/C13H19NO/c1-11-3-2-8-14(11)9-12-4-6-13(10-15)7-5-12/h4-7,11,15H,2-3,8-10H2,1H3. The molecule has 1 aromatic carbocycles. The van der Waals surface area contributed by atoms with E-state index >= 15 is 0 Å². The highest BCUT2D eigenvalue weighted by molar-refractivity contribution is 5.22. The summed E-state index contributed by atoms with van der Waals surface area (Å²) in [5, 5.41) is 8.94. The van der Waals surface area contributed by atoms with E-state index in [4.69, 9.17) is 5.11 Å². The summed E-state index contributed by atoms with van der Waals surface area (Å²) in [7, 11) is 0. The Kier molecular flexibility index (Phi) is 3.39. The van der Waals surface area contributed by atoms with Crippen LogP contribution in [0.5, 0.6) is 0 Å². The average Bonchev–Trinajstić information content (AvgIpc) is 2.66. The lowest BCUT2D eigenvalue weighted by Crippen LogP contribution is -2.26. The molecule has 1 fully saturated rings. The molecular formula is C13H19NO. The zero-order valence-corrected chi connectivity index (χ0v) is 9.32. The lowest BCUT2D eigenvalue weighted by atomic mass is 10.1. The van der Waals surface area contributed by atoms with Gasteiger partial charge in [-0.25, -0.2) is 0 Å². The fourth-order valence-electron chi connectivity index (χ4n) is 2.21. The molecule has 1 unspecified atom stereocenters. The number of benzene rings is 1. The van der Waals surface area contributed by atoms with Crippen molar-refractivity contribution in [2.75, 3.05) is 6.54 Å². The van der Waals surface area contributed by atoms with Crippen LogP contribution in [-0.4, -0.2) is 22.6 Å². The summed E-state index contributed by atoms with van der Waals surface area (Å²) in [6, 6.07) is 8.99. The summed E-state index contributed by atoms with van der Waals surface area (Å²) in [4.78, 5) is 2.52. The first-order valence-corrected chi connectivity index (χ1v) is 5.72. The molecule has 1 aliphatic heterocycles. The van der Waals surface area contributed by atoms with Gasteiger partial charge in [0.1, 0.15) is 0 Å². The molecule has 2 rings (SSSR count). The maximum Gasteiger partial charge on any atom is 0.0681 e. The van der Waals surface area contributed by atoms with Gasteiger partial charge >= 0.3 is 0 Å². The first kappa shape index (κ1) is 10.7. The van der Waals surface area contributed by atoms with Crippen molar-refractivity contribution in [2.45, 2.75) is 39.0 Å². The zero-order valence-electron chi connectivity index (χ0n) is 9.32. The van der Waals surface area contributed by atoms with E-state index in [0.29, 0.717) is 0 Å². The van der Waals surface area contributed by atoms with Crippen molar-refractivity contribution in [1.82, 2.24) is 4.90 Å². The normalized spacial score (nSPS) is 22.1. The minimum atomic E-state index is 0.139. The summed E-state index contributed by atoms with van der Waals surface area (Å²) in [6.07, 6.45) is 2.66. The molecule has 2 nitrogen and oxygen atoms in total. The van der Waals surface area contributed by atoms with Gasteiger partial charge in [-0.2, -0.15) is 0 Å². The predicted octanol–water partition coefficient (Wildman–Crippen LogP) is 2.16. The van der Waals surface area contributed by atoms with Crippen molar-refractivity contribution in [3.05, 3.63) is 35.4 Å². The SMILES string of the molecule is CC1CCCN1Cc1ccc(CO)cc1. The maximum atomic E-state index is 8.94. The summed E-state index contributed by atoms with van der Waals surface area (Å²) in [6.45, 7) is 4.71. The Morgan fingerprint density at radius 2 is 1.93 bits per heavy atom. The highest BCUT2D eigenvalue weighted by atomic mass is 16.3. The Bertz CT molecular complexity index is 307. The van der Waals surface area contributed by atoms with Crippen LogP contribution in [0.4, 0.5) is 0 Å². The molecule has 1 saturated heterocycles. The average molecular weight is 205 g/mol. The molecule has 0 amide bonds. The molecule has 1 aliphatic rings. The molecular weight excluding hydrogens is 186 g/mol. The molecule has 0 bridgehead atoms. The van der Waals surface area contributed by atoms with Crippen molar-refractivity contribution in [3.63, 3.8) is 0 Å². The minimum absolute atomic E-state index is 0.139. The first-order valence-electron chi connectivity index (χ1n) is 5.72. The van der Waals surface area contributed by atoms with E-state index in [-0.39, 0.29) is 6.61 Å². The summed E-state index contributed by atoms with van der Waals surface area (Å²) in [5.74, 6) is 0. The lowest BCUT2D eigenvalue weighted by Gasteiger charge is -2.20. The molecule has 1 N–H and O–H groups in total. The van der Waals surface area contributed by atoms with Crippen molar-refractivity contribution in [3.8, 4) is 0 Å². The Morgan fingerprint density at radius 3 is 2.47 bits per heavy atom. The van der Waals surface area contributed by atoms with Gasteiger partial charge in [0.15, 0.2) is 0 Å². The highest BCUT2D eigenvalue weighted by Gasteiger charge is 2.19. The van der Waals surface area contributed by atoms with Gasteiger partial charge in [0.25, 0.3) is 0 Å². The van der Waals surface area contributed by atoms with Crippen molar-refractivity contribution >= 4 is 0 Å². The smallest absolute Gasteiger partial charge is 0.0681 e. The van der Waals surface area contributed by atoms with Gasteiger partial charge in [0.2, 0.25) is 0 Å². The van der Waals surface area contributed by atoms with Gasteiger partial charge in [-0.1, -0.05) is 24.3 Å². The third-order valence-electron chi connectivity index (χ3n) is 3.28. The van der Waals surface area contributed by atoms with E-state index in [1.165, 1.54) is 24.9 Å². The van der Waals surface area contributed by atoms with E-state index in [2.05, 4.69) is 24.0 Å². The van der Waals surface area contributed by atoms with Crippen LogP contribution >= 0.6 is 0 Å². The third-order valence-corrected chi connectivity index (χ3v) is 3.28. The second-order valence-electron chi connectivity index (χ2n) is 4.44. The number of nitrogens with zero attached hydrogens (tertiary/aromatic N) is 1. The van der Waals surface area contributed by atoms with E-state index in [0.717, 1.165) is 18.2 Å². The highest BCUT2D eigenvalue weighted by Crippen LogP contribution is 2.19. The van der Waals surface area contributed by atoms with E-state index in [1.807, 2.05) is 12.1 Å². The van der Waals surface area contributed by atoms with Crippen molar-refractivity contribution in [2.24, 2.45) is 0 Å². The van der Waals surface area contributed by atoms with Crippen LogP contribution in [0.15, 0.2) is 24.3 Å². The van der Waals surface area contributed by atoms with Gasteiger partial charge in [0.05, 0.1) is 6.61 Å². The monoisotopic (exact) mass is 205 g/mol. The summed E-state index contributed by atoms with van der Waals surface area (Å²) in [5.41, 5.74) is 2.34. The topological polar surface area (TPSA) is 23.5 Å². The second-order valence-corrected chi connectivity index (χ2v) is 4.44. The number of rotatable bonds is 3. The number of aliphatic hydroxyl groups is 1. The van der Waals surface area contributed by atoms with Gasteiger partial charge in [0, 0.05) is 12.6 Å². The number of hydrogen-bond acceptors (Lipinski definition) is 2. The Labute approximate surface area is 91.5 Å². The molecule has 0 saturated carbocycles. The Balaban J connectivity index is 1.98. The largest absolute Gasteiger partial charge is 0.392 e. The van der Waals surface area contributed by atoms with E-state index in [9.17, 15) is 0 Å². The molecule has 15 heavy (non-hydrogen) atoms. The van der Waals surface area contributed by atoms with Crippen LogP contribution in [-0.2, 0) is 13.2 Å². The van der Waals surface area contributed by atoms with E-state index < -0.39 is 0 Å². The lowest BCUT2D eigenvalue weighted by molar-refractivity contribution is 0.260. The van der Waals surface area contributed by atoms with Crippen LogP contribution < -0.4 is 0 Å². The number of likely N-dealkylation sites (tertiary alicyclic amines) is 1. The van der Waals surface area contributed by atoms with E-state index in [1.54, 1.807) is 0 Å². The van der Waals surface area contributed by atoms with Crippen LogP contribution in [0.2, 0.25) is 0 Å². The second kappa shape index (κ2) is 4.77. The summed E-state index contributed by atoms with van der Waals surface area (Å²) >= 11 is 0. The summed E-state index contributed by atoms with van der Waals surface area (Å²) < 4.78 is 0. The van der Waals surface area contributed by atoms with Gasteiger partial charge in [-0.15, -0.1) is 0 Å². The molecule has 0 aliphatic carbocycles. The van der Waals surface area contributed by atoms with Gasteiger partial charge in [-0.3, -0.25) is 4.90 Å². The number of hydrogen-bond donors (Lipinski definition) is 1. The zero-order chi connectivity index (χ0) is 10.7. The quantitative estimate of drug-likeness (QED) is 0.817. The van der Waals surface area contributed by atoms with Crippen molar-refractivity contribution in [1.29, 1.82) is 0 Å². The molecule has 0 spiro atoms. The first-order chi connectivity index (χ1) is 7.29. The van der Waals surface area contributed by atoms with Gasteiger partial charge in [-0.05, 0) is 37.4 Å². The fourth-order valence-corrected chi connectivity index (χ4v) is 2.21. The molecule has 1 heterocycles. The predicted molar refractivity (Wildman–Crippen MR) is 61.5 cm³/mol. The fraction of sp³-hybridized carbons (Fsp3) is 0.538. The van der Waals surface area contributed by atoms with Crippen LogP contribution in [0.25, 0.3) is 0 Å². The Morgan fingerprint density at radius 1 is 1.27 bits per heavy atom. The molecule has 0 radical (unpaired) electrons. The third kappa shape index (κ3) is 2.58. The number of aliphatic hydroxyl groups excluding tert-OH is 1. The van der Waals surface area contributed by atoms with Crippen LogP contribution in [0.1, 0.15) is 30.9 Å². The van der Waals surface area contributed by atoms with Crippen LogP contribution in [0, 0.1) is 0 Å². The van der Waals surface area contributed by atoms with Crippen molar-refractivity contribution < 1.29 is 5.11 Å². The minimum Gasteiger partial charge on any atom is -0.392 e. The van der Waals surface area contributed by atoms with Crippen LogP contribution in [0.3, 0.4) is 0 Å². The maximum absolute atomic E-state index is 8.94. The molecule has 1 atom stereocenters. The molecule has 1 aromatic rings. The van der Waals surface area contributed by atoms with Gasteiger partial charge < -0.3 is 5.11 Å². The molecule has 82 valence electrons. The molecule has 0 aromatic heterocycles.